The Hall–Kier alpha value is -4.36. The number of carbonyl (C=O) groups is 1. The van der Waals surface area contributed by atoms with E-state index in [1.807, 2.05) is 75.4 Å². The van der Waals surface area contributed by atoms with E-state index in [-0.39, 0.29) is 5.78 Å². The van der Waals surface area contributed by atoms with Crippen LogP contribution in [0.25, 0.3) is 33.7 Å². The van der Waals surface area contributed by atoms with E-state index >= 15 is 0 Å². The Morgan fingerprint density at radius 3 is 2.23 bits per heavy atom. The Morgan fingerprint density at radius 1 is 0.875 bits per heavy atom. The van der Waals surface area contributed by atoms with Crippen LogP contribution in [0.1, 0.15) is 36.8 Å². The second kappa shape index (κ2) is 11.8. The summed E-state index contributed by atoms with van der Waals surface area (Å²) < 4.78 is 5.97. The van der Waals surface area contributed by atoms with Gasteiger partial charge in [-0.15, -0.1) is 0 Å². The molecule has 3 heterocycles. The van der Waals surface area contributed by atoms with Crippen molar-refractivity contribution in [2.75, 3.05) is 38.1 Å². The van der Waals surface area contributed by atoms with Gasteiger partial charge in [-0.05, 0) is 68.9 Å². The van der Waals surface area contributed by atoms with Gasteiger partial charge in [0.1, 0.15) is 11.5 Å². The molecule has 1 saturated heterocycles. The molecule has 1 fully saturated rings. The molecule has 5 aromatic rings. The summed E-state index contributed by atoms with van der Waals surface area (Å²) in [6.45, 7) is 11.7. The van der Waals surface area contributed by atoms with Crippen LogP contribution in [-0.4, -0.2) is 58.9 Å². The first-order valence-corrected chi connectivity index (χ1v) is 14.0. The molecule has 0 unspecified atom stereocenters. The van der Waals surface area contributed by atoms with E-state index < -0.39 is 0 Å². The number of anilines is 1. The van der Waals surface area contributed by atoms with Crippen molar-refractivity contribution >= 4 is 22.5 Å². The number of H-pyrrole nitrogens is 2. The maximum atomic E-state index is 12.7. The Kier molecular flexibility index (Phi) is 8.03. The number of aromatic nitrogens is 3. The molecule has 2 N–H and O–H groups in total. The molecule has 7 heteroatoms. The van der Waals surface area contributed by atoms with Crippen molar-refractivity contribution in [2.24, 2.45) is 0 Å². The summed E-state index contributed by atoms with van der Waals surface area (Å²) >= 11 is 0. The normalized spacial score (nSPS) is 13.7. The average Bonchev–Trinajstić information content (AvgIpc) is 3.56. The van der Waals surface area contributed by atoms with Crippen molar-refractivity contribution in [3.05, 3.63) is 84.1 Å². The van der Waals surface area contributed by atoms with Gasteiger partial charge >= 0.3 is 0 Å². The molecule has 0 aliphatic carbocycles. The summed E-state index contributed by atoms with van der Waals surface area (Å²) in [4.78, 5) is 29.4. The minimum Gasteiger partial charge on any atom is -0.457 e. The third-order valence-corrected chi connectivity index (χ3v) is 7.23. The zero-order valence-electron chi connectivity index (χ0n) is 23.9. The van der Waals surface area contributed by atoms with Gasteiger partial charge in [0.15, 0.2) is 11.6 Å². The quantitative estimate of drug-likeness (QED) is 0.223. The number of hydrogen-bond acceptors (Lipinski definition) is 5. The van der Waals surface area contributed by atoms with Gasteiger partial charge in [-0.25, -0.2) is 4.98 Å². The SMILES string of the molecule is CC.CC(=O)c1c(C)[nH]c(-c2nc3ccc(N4CCN(C)CC4)cc3[nH]2)c1-c1ccc(Oc2ccccc2)cc1. The number of piperazine rings is 1. The number of carbonyl (C=O) groups excluding carboxylic acids is 1. The molecule has 1 aliphatic rings. The van der Waals surface area contributed by atoms with Gasteiger partial charge in [0.05, 0.1) is 16.7 Å². The van der Waals surface area contributed by atoms with E-state index in [1.54, 1.807) is 6.92 Å². The van der Waals surface area contributed by atoms with Crippen molar-refractivity contribution in [2.45, 2.75) is 27.7 Å². The summed E-state index contributed by atoms with van der Waals surface area (Å²) in [6.07, 6.45) is 0. The number of hydrogen-bond donors (Lipinski definition) is 2. The average molecular weight is 536 g/mol. The Balaban J connectivity index is 0.00000158. The van der Waals surface area contributed by atoms with Gasteiger partial charge in [-0.2, -0.15) is 0 Å². The number of likely N-dealkylation sites (N-methyl/N-ethyl adjacent to an activating group) is 1. The topological polar surface area (TPSA) is 77.3 Å². The number of nitrogens with zero attached hydrogens (tertiary/aromatic N) is 3. The largest absolute Gasteiger partial charge is 0.457 e. The first-order valence-electron chi connectivity index (χ1n) is 14.0. The van der Waals surface area contributed by atoms with Gasteiger partial charge in [-0.3, -0.25) is 4.79 Å². The fraction of sp³-hybridized carbons (Fsp3) is 0.273. The van der Waals surface area contributed by atoms with Crippen LogP contribution >= 0.6 is 0 Å². The van der Waals surface area contributed by atoms with Crippen LogP contribution in [0, 0.1) is 6.92 Å². The lowest BCUT2D eigenvalue weighted by atomic mass is 9.97. The summed E-state index contributed by atoms with van der Waals surface area (Å²) in [6, 6.07) is 23.9. The fourth-order valence-corrected chi connectivity index (χ4v) is 5.22. The highest BCUT2D eigenvalue weighted by atomic mass is 16.5. The second-order valence-corrected chi connectivity index (χ2v) is 9.95. The predicted octanol–water partition coefficient (Wildman–Crippen LogP) is 7.31. The summed E-state index contributed by atoms with van der Waals surface area (Å²) in [7, 11) is 2.16. The van der Waals surface area contributed by atoms with Crippen molar-refractivity contribution in [3.63, 3.8) is 0 Å². The zero-order chi connectivity index (χ0) is 28.2. The Bertz CT molecular complexity index is 1590. The van der Waals surface area contributed by atoms with E-state index in [4.69, 9.17) is 9.72 Å². The molecular formula is C33H37N5O2. The maximum absolute atomic E-state index is 12.7. The summed E-state index contributed by atoms with van der Waals surface area (Å²) in [5.74, 6) is 2.24. The van der Waals surface area contributed by atoms with Crippen molar-refractivity contribution in [3.8, 4) is 34.1 Å². The van der Waals surface area contributed by atoms with Crippen LogP contribution in [0.5, 0.6) is 11.5 Å². The zero-order valence-corrected chi connectivity index (χ0v) is 23.9. The second-order valence-electron chi connectivity index (χ2n) is 9.95. The molecule has 2 aromatic heterocycles. The van der Waals surface area contributed by atoms with Crippen molar-refractivity contribution in [1.29, 1.82) is 0 Å². The first kappa shape index (κ1) is 27.2. The molecule has 40 heavy (non-hydrogen) atoms. The van der Waals surface area contributed by atoms with Gasteiger partial charge < -0.3 is 24.5 Å². The number of ether oxygens (including phenoxy) is 1. The third kappa shape index (κ3) is 5.51. The number of imidazole rings is 1. The molecule has 0 radical (unpaired) electrons. The summed E-state index contributed by atoms with van der Waals surface area (Å²) in [5, 5.41) is 0. The summed E-state index contributed by atoms with van der Waals surface area (Å²) in [5.41, 5.74) is 7.15. The Labute approximate surface area is 235 Å². The minimum atomic E-state index is 0.0121. The number of nitrogens with one attached hydrogen (secondary N) is 2. The highest BCUT2D eigenvalue weighted by Gasteiger charge is 2.23. The highest BCUT2D eigenvalue weighted by molar-refractivity contribution is 6.05. The van der Waals surface area contributed by atoms with Crippen molar-refractivity contribution < 1.29 is 9.53 Å². The molecule has 0 saturated carbocycles. The minimum absolute atomic E-state index is 0.0121. The number of rotatable bonds is 6. The molecule has 3 aromatic carbocycles. The van der Waals surface area contributed by atoms with Crippen LogP contribution in [0.4, 0.5) is 5.69 Å². The molecule has 206 valence electrons. The predicted molar refractivity (Wildman–Crippen MR) is 164 cm³/mol. The van der Waals surface area contributed by atoms with Gasteiger partial charge in [0, 0.05) is 48.7 Å². The molecule has 6 rings (SSSR count). The molecule has 1 aliphatic heterocycles. The van der Waals surface area contributed by atoms with E-state index in [2.05, 4.69) is 45.0 Å². The van der Waals surface area contributed by atoms with Crippen LogP contribution < -0.4 is 9.64 Å². The van der Waals surface area contributed by atoms with Gasteiger partial charge in [0.25, 0.3) is 0 Å². The molecule has 0 amide bonds. The van der Waals surface area contributed by atoms with E-state index in [9.17, 15) is 4.79 Å². The first-order chi connectivity index (χ1) is 19.5. The lowest BCUT2D eigenvalue weighted by Gasteiger charge is -2.34. The number of aryl methyl sites for hydroxylation is 1. The van der Waals surface area contributed by atoms with Gasteiger partial charge in [-0.1, -0.05) is 44.2 Å². The standard InChI is InChI=1S/C31H31N5O2.C2H6/c1-20-28(21(2)37)29(22-9-12-25(13-10-22)38-24-7-5-4-6-8-24)30(32-20)31-33-26-14-11-23(19-27(26)34-31)36-17-15-35(3)16-18-36;1-2/h4-14,19,32H,15-18H2,1-3H3,(H,33,34);1-2H3. The molecular weight excluding hydrogens is 498 g/mol. The monoisotopic (exact) mass is 535 g/mol. The van der Waals surface area contributed by atoms with Crippen LogP contribution in [-0.2, 0) is 0 Å². The molecule has 0 spiro atoms. The van der Waals surface area contributed by atoms with Crippen LogP contribution in [0.3, 0.4) is 0 Å². The smallest absolute Gasteiger partial charge is 0.162 e. The van der Waals surface area contributed by atoms with E-state index in [0.29, 0.717) is 11.4 Å². The van der Waals surface area contributed by atoms with Gasteiger partial charge in [0.2, 0.25) is 0 Å². The Morgan fingerprint density at radius 2 is 1.55 bits per heavy atom. The number of aromatic amines is 2. The highest BCUT2D eigenvalue weighted by Crippen LogP contribution is 2.38. The lowest BCUT2D eigenvalue weighted by Crippen LogP contribution is -2.44. The van der Waals surface area contributed by atoms with Crippen LogP contribution in [0.2, 0.25) is 0 Å². The number of ketones is 1. The number of benzene rings is 3. The number of para-hydroxylation sites is 1. The van der Waals surface area contributed by atoms with Crippen molar-refractivity contribution in [1.82, 2.24) is 19.9 Å². The lowest BCUT2D eigenvalue weighted by molar-refractivity contribution is 0.101. The number of fused-ring (bicyclic) bond motifs is 1. The van der Waals surface area contributed by atoms with E-state index in [1.165, 1.54) is 5.69 Å². The number of Topliss-reactive ketones (excluding diaryl/α,β-unsaturated/α-hetero) is 1. The molecule has 0 atom stereocenters. The maximum Gasteiger partial charge on any atom is 0.162 e. The van der Waals surface area contributed by atoms with Crippen LogP contribution in [0.15, 0.2) is 72.8 Å². The fourth-order valence-electron chi connectivity index (χ4n) is 5.22. The third-order valence-electron chi connectivity index (χ3n) is 7.23. The molecule has 7 nitrogen and oxygen atoms in total. The molecule has 0 bridgehead atoms. The van der Waals surface area contributed by atoms with E-state index in [0.717, 1.165) is 71.2 Å².